The quantitative estimate of drug-likeness (QED) is 0.171. The van der Waals surface area contributed by atoms with Gasteiger partial charge in [-0.1, -0.05) is 30.3 Å². The minimum Gasteiger partial charge on any atom is -0.466 e. The molecule has 4 aromatic rings. The van der Waals surface area contributed by atoms with E-state index >= 15 is 0 Å². The van der Waals surface area contributed by atoms with Crippen LogP contribution in [0.3, 0.4) is 0 Å². The molecule has 2 amide bonds. The smallest absolute Gasteiger partial charge is 0.413 e. The highest BCUT2D eigenvalue weighted by Gasteiger charge is 2.16. The first-order chi connectivity index (χ1) is 18.4. The normalized spacial score (nSPS) is 10.4. The van der Waals surface area contributed by atoms with Crippen molar-refractivity contribution in [3.05, 3.63) is 83.9 Å². The van der Waals surface area contributed by atoms with Gasteiger partial charge in [-0.25, -0.2) is 19.6 Å². The predicted molar refractivity (Wildman–Crippen MR) is 135 cm³/mol. The fourth-order valence-corrected chi connectivity index (χ4v) is 3.18. The molecule has 12 nitrogen and oxygen atoms in total. The first-order valence-corrected chi connectivity index (χ1v) is 11.4. The zero-order chi connectivity index (χ0) is 26.9. The van der Waals surface area contributed by atoms with Crippen molar-refractivity contribution in [3.8, 4) is 5.88 Å². The second kappa shape index (κ2) is 12.1. The number of nitrogens with zero attached hydrogens (tertiary/aromatic N) is 2. The number of pyridine rings is 2. The molecule has 0 saturated carbocycles. The molecule has 0 unspecified atom stereocenters. The lowest BCUT2D eigenvalue weighted by Crippen LogP contribution is -2.31. The van der Waals surface area contributed by atoms with Crippen LogP contribution in [0, 0.1) is 5.41 Å². The maximum atomic E-state index is 12.6. The summed E-state index contributed by atoms with van der Waals surface area (Å²) >= 11 is 0. The molecule has 0 aliphatic rings. The van der Waals surface area contributed by atoms with E-state index in [0.29, 0.717) is 16.6 Å². The van der Waals surface area contributed by atoms with E-state index in [1.165, 1.54) is 24.5 Å². The van der Waals surface area contributed by atoms with Crippen molar-refractivity contribution in [3.63, 3.8) is 0 Å². The van der Waals surface area contributed by atoms with E-state index in [-0.39, 0.29) is 43.0 Å². The Labute approximate surface area is 216 Å². The fraction of sp³-hybridized carbons (Fsp3) is 0.154. The Kier molecular flexibility index (Phi) is 8.24. The number of nitrogens with one attached hydrogen (secondary N) is 3. The average Bonchev–Trinajstić information content (AvgIpc) is 3.36. The molecule has 0 fully saturated rings. The average molecular weight is 517 g/mol. The third kappa shape index (κ3) is 6.91. The number of anilines is 1. The summed E-state index contributed by atoms with van der Waals surface area (Å²) in [6.07, 6.45) is 1.92. The van der Waals surface area contributed by atoms with Crippen LogP contribution < -0.4 is 15.4 Å². The van der Waals surface area contributed by atoms with Crippen LogP contribution in [0.15, 0.2) is 71.4 Å². The van der Waals surface area contributed by atoms with Gasteiger partial charge >= 0.3 is 12.1 Å². The van der Waals surface area contributed by atoms with E-state index in [0.717, 1.165) is 5.56 Å². The van der Waals surface area contributed by atoms with Crippen molar-refractivity contribution in [2.75, 3.05) is 18.5 Å². The highest BCUT2D eigenvalue weighted by atomic mass is 16.6. The summed E-state index contributed by atoms with van der Waals surface area (Å²) < 4.78 is 20.6. The number of esters is 1. The van der Waals surface area contributed by atoms with Crippen molar-refractivity contribution < 1.29 is 33.0 Å². The molecule has 0 bridgehead atoms. The lowest BCUT2D eigenvalue weighted by molar-refractivity contribution is -0.145. The topological polar surface area (TPSA) is 166 Å². The lowest BCUT2D eigenvalue weighted by Gasteiger charge is -2.08. The molecule has 3 heterocycles. The van der Waals surface area contributed by atoms with Crippen LogP contribution in [-0.2, 0) is 20.9 Å². The Bertz CT molecular complexity index is 1450. The van der Waals surface area contributed by atoms with Gasteiger partial charge in [-0.05, 0) is 30.7 Å². The Morgan fingerprint density at radius 2 is 1.82 bits per heavy atom. The van der Waals surface area contributed by atoms with Gasteiger partial charge in [0.15, 0.2) is 12.4 Å². The van der Waals surface area contributed by atoms with E-state index in [4.69, 9.17) is 24.0 Å². The van der Waals surface area contributed by atoms with Crippen molar-refractivity contribution in [1.29, 1.82) is 5.41 Å². The number of aromatic nitrogens is 2. The largest absolute Gasteiger partial charge is 0.466 e. The van der Waals surface area contributed by atoms with Gasteiger partial charge in [0, 0.05) is 23.2 Å². The Morgan fingerprint density at radius 3 is 2.55 bits per heavy atom. The number of benzene rings is 1. The first-order valence-electron chi connectivity index (χ1n) is 11.4. The van der Waals surface area contributed by atoms with Gasteiger partial charge in [0.05, 0.1) is 18.5 Å². The number of carbonyl (C=O) groups excluding carboxylic acids is 3. The van der Waals surface area contributed by atoms with E-state index in [2.05, 4.69) is 20.6 Å². The van der Waals surface area contributed by atoms with Crippen LogP contribution in [0.1, 0.15) is 28.6 Å². The number of rotatable bonds is 9. The summed E-state index contributed by atoms with van der Waals surface area (Å²) in [4.78, 5) is 44.2. The Balaban J connectivity index is 1.33. The van der Waals surface area contributed by atoms with Gasteiger partial charge in [-0.3, -0.25) is 15.5 Å². The van der Waals surface area contributed by atoms with Crippen LogP contribution >= 0.6 is 0 Å². The number of furan rings is 1. The molecule has 12 heteroatoms. The van der Waals surface area contributed by atoms with E-state index in [1.807, 2.05) is 30.3 Å². The molecule has 3 aromatic heterocycles. The Hall–Kier alpha value is -5.26. The van der Waals surface area contributed by atoms with Crippen LogP contribution in [0.4, 0.5) is 10.5 Å². The standard InChI is InChI=1S/C26H23N5O7/c1-2-35-22(32)15-36-21-9-8-19(13-28-21)30-24(33)20-11-17-10-18(12-29-25(17)38-20)23(27)31-26(34)37-14-16-6-4-3-5-7-16/h3-13H,2,14-15H2,1H3,(H,30,33)(H2,27,31,34). The van der Waals surface area contributed by atoms with Gasteiger partial charge in [-0.2, -0.15) is 0 Å². The second-order valence-electron chi connectivity index (χ2n) is 7.72. The zero-order valence-electron chi connectivity index (χ0n) is 20.2. The Morgan fingerprint density at radius 1 is 1.00 bits per heavy atom. The molecule has 0 aliphatic carbocycles. The predicted octanol–water partition coefficient (Wildman–Crippen LogP) is 3.67. The highest BCUT2D eigenvalue weighted by Crippen LogP contribution is 2.20. The summed E-state index contributed by atoms with van der Waals surface area (Å²) in [5.74, 6) is -1.11. The van der Waals surface area contributed by atoms with Gasteiger partial charge in [-0.15, -0.1) is 0 Å². The summed E-state index contributed by atoms with van der Waals surface area (Å²) in [5.41, 5.74) is 1.66. The number of fused-ring (bicyclic) bond motifs is 1. The van der Waals surface area contributed by atoms with Gasteiger partial charge < -0.3 is 23.9 Å². The second-order valence-corrected chi connectivity index (χ2v) is 7.72. The SMILES string of the molecule is CCOC(=O)COc1ccc(NC(=O)c2cc3cc(C(=N)NC(=O)OCc4ccccc4)cnc3o2)cn1. The van der Waals surface area contributed by atoms with Crippen LogP contribution in [0.25, 0.3) is 11.1 Å². The van der Waals surface area contributed by atoms with Gasteiger partial charge in [0.1, 0.15) is 12.4 Å². The lowest BCUT2D eigenvalue weighted by atomic mass is 10.2. The highest BCUT2D eigenvalue weighted by molar-refractivity contribution is 6.07. The molecule has 1 aromatic carbocycles. The first kappa shape index (κ1) is 25.8. The minimum absolute atomic E-state index is 0.0194. The van der Waals surface area contributed by atoms with E-state index in [9.17, 15) is 14.4 Å². The molecule has 0 aliphatic heterocycles. The van der Waals surface area contributed by atoms with Crippen LogP contribution in [-0.4, -0.2) is 47.0 Å². The summed E-state index contributed by atoms with van der Waals surface area (Å²) in [5, 5.41) is 13.6. The molecular weight excluding hydrogens is 494 g/mol. The number of alkyl carbamates (subject to hydrolysis) is 1. The van der Waals surface area contributed by atoms with E-state index in [1.54, 1.807) is 19.1 Å². The van der Waals surface area contributed by atoms with Crippen molar-refractivity contribution in [1.82, 2.24) is 15.3 Å². The van der Waals surface area contributed by atoms with Crippen molar-refractivity contribution >= 4 is 40.6 Å². The molecule has 0 radical (unpaired) electrons. The fourth-order valence-electron chi connectivity index (χ4n) is 3.18. The monoisotopic (exact) mass is 517 g/mol. The van der Waals surface area contributed by atoms with Gasteiger partial charge in [0.25, 0.3) is 5.91 Å². The summed E-state index contributed by atoms with van der Waals surface area (Å²) in [6, 6.07) is 15.2. The van der Waals surface area contributed by atoms with Crippen LogP contribution in [0.2, 0.25) is 0 Å². The molecule has 194 valence electrons. The van der Waals surface area contributed by atoms with E-state index < -0.39 is 18.0 Å². The maximum absolute atomic E-state index is 12.6. The number of hydrogen-bond acceptors (Lipinski definition) is 10. The maximum Gasteiger partial charge on any atom is 0.413 e. The molecule has 0 atom stereocenters. The van der Waals surface area contributed by atoms with Gasteiger partial charge in [0.2, 0.25) is 11.6 Å². The molecular formula is C26H23N5O7. The van der Waals surface area contributed by atoms with Crippen molar-refractivity contribution in [2.45, 2.75) is 13.5 Å². The number of hydrogen-bond donors (Lipinski definition) is 3. The number of carbonyl (C=O) groups is 3. The third-order valence-electron chi connectivity index (χ3n) is 4.96. The number of amidine groups is 1. The van der Waals surface area contributed by atoms with Crippen molar-refractivity contribution in [2.24, 2.45) is 0 Å². The van der Waals surface area contributed by atoms with Crippen LogP contribution in [0.5, 0.6) is 5.88 Å². The molecule has 0 saturated heterocycles. The zero-order valence-corrected chi connectivity index (χ0v) is 20.2. The molecule has 0 spiro atoms. The summed E-state index contributed by atoms with van der Waals surface area (Å²) in [6.45, 7) is 1.74. The number of amides is 2. The summed E-state index contributed by atoms with van der Waals surface area (Å²) in [7, 11) is 0. The molecule has 38 heavy (non-hydrogen) atoms. The minimum atomic E-state index is -0.780. The third-order valence-corrected chi connectivity index (χ3v) is 4.96. The molecule has 4 rings (SSSR count). The number of ether oxygens (including phenoxy) is 3. The molecule has 3 N–H and O–H groups in total.